The van der Waals surface area contributed by atoms with Crippen molar-refractivity contribution in [1.29, 1.82) is 0 Å². The zero-order chi connectivity index (χ0) is 22.7. The van der Waals surface area contributed by atoms with E-state index in [0.717, 1.165) is 0 Å². The van der Waals surface area contributed by atoms with Gasteiger partial charge in [0.05, 0.1) is 12.8 Å². The van der Waals surface area contributed by atoms with Crippen LogP contribution in [0.15, 0.2) is 10.9 Å². The Morgan fingerprint density at radius 1 is 1.23 bits per heavy atom. The maximum Gasteiger partial charge on any atom is 0.408 e. The van der Waals surface area contributed by atoms with Crippen LogP contribution in [0.2, 0.25) is 0 Å². The van der Waals surface area contributed by atoms with E-state index in [1.54, 1.807) is 13.8 Å². The number of alkyl carbamates (subject to hydrolysis) is 1. The second-order valence-electron chi connectivity index (χ2n) is 6.70. The zero-order valence-electron chi connectivity index (χ0n) is 17.5. The Bertz CT molecular complexity index is 782. The number of hydrogen-bond donors (Lipinski definition) is 5. The molecule has 3 unspecified atom stereocenters. The maximum atomic E-state index is 11.8. The summed E-state index contributed by atoms with van der Waals surface area (Å²) in [6, 6.07) is 0.584. The van der Waals surface area contributed by atoms with Crippen LogP contribution in [-0.2, 0) is 14.3 Å². The van der Waals surface area contributed by atoms with E-state index in [4.69, 9.17) is 9.47 Å². The lowest BCUT2D eigenvalue weighted by molar-refractivity contribution is -0.148. The molecule has 1 aromatic rings. The molecule has 0 aromatic carbocycles. The molecule has 5 N–H and O–H groups in total. The second kappa shape index (κ2) is 12.4. The molecule has 0 saturated carbocycles. The SMILES string of the molecule is CCC(CC(O)CC(C)OC(=O)NCNC(=O)Nc1nc(C)cc(=O)[nH]1)OC(C)=O. The number of aliphatic hydroxyl groups is 1. The summed E-state index contributed by atoms with van der Waals surface area (Å²) < 4.78 is 10.2. The van der Waals surface area contributed by atoms with Gasteiger partial charge < -0.3 is 25.2 Å². The number of carbonyl (C=O) groups excluding carboxylic acids is 3. The molecular formula is C18H29N5O7. The van der Waals surface area contributed by atoms with Gasteiger partial charge in [-0.1, -0.05) is 6.92 Å². The summed E-state index contributed by atoms with van der Waals surface area (Å²) in [7, 11) is 0. The Morgan fingerprint density at radius 3 is 2.53 bits per heavy atom. The van der Waals surface area contributed by atoms with E-state index in [0.29, 0.717) is 12.1 Å². The Balaban J connectivity index is 2.30. The summed E-state index contributed by atoms with van der Waals surface area (Å²) in [4.78, 5) is 52.1. The molecule has 1 heterocycles. The number of aryl methyl sites for hydroxylation is 1. The van der Waals surface area contributed by atoms with E-state index < -0.39 is 42.0 Å². The van der Waals surface area contributed by atoms with Crippen molar-refractivity contribution < 1.29 is 29.0 Å². The molecule has 3 atom stereocenters. The van der Waals surface area contributed by atoms with Gasteiger partial charge in [-0.15, -0.1) is 0 Å². The quantitative estimate of drug-likeness (QED) is 0.269. The number of anilines is 1. The molecule has 0 aliphatic rings. The Kier molecular flexibility index (Phi) is 10.3. The molecule has 0 radical (unpaired) electrons. The van der Waals surface area contributed by atoms with Crippen molar-refractivity contribution in [2.75, 3.05) is 12.0 Å². The third-order valence-corrected chi connectivity index (χ3v) is 3.82. The fourth-order valence-corrected chi connectivity index (χ4v) is 2.57. The minimum atomic E-state index is -0.815. The van der Waals surface area contributed by atoms with Crippen LogP contribution in [0.25, 0.3) is 0 Å². The minimum Gasteiger partial charge on any atom is -0.462 e. The number of nitrogens with one attached hydrogen (secondary N) is 4. The van der Waals surface area contributed by atoms with Crippen molar-refractivity contribution in [3.05, 3.63) is 22.1 Å². The van der Waals surface area contributed by atoms with Gasteiger partial charge in [0, 0.05) is 31.5 Å². The number of esters is 1. The Labute approximate surface area is 173 Å². The lowest BCUT2D eigenvalue weighted by atomic mass is 10.0. The highest BCUT2D eigenvalue weighted by molar-refractivity contribution is 5.87. The number of H-pyrrole nitrogens is 1. The van der Waals surface area contributed by atoms with Crippen LogP contribution in [-0.4, -0.2) is 58.1 Å². The normalized spacial score (nSPS) is 13.5. The molecule has 30 heavy (non-hydrogen) atoms. The molecule has 0 aliphatic heterocycles. The monoisotopic (exact) mass is 427 g/mol. The minimum absolute atomic E-state index is 0.0261. The van der Waals surface area contributed by atoms with Gasteiger partial charge in [-0.3, -0.25) is 19.9 Å². The molecule has 168 valence electrons. The van der Waals surface area contributed by atoms with E-state index in [2.05, 4.69) is 25.9 Å². The standard InChI is InChI=1S/C18H29N5O7/c1-5-14(30-12(4)24)8-13(25)7-11(3)29-18(28)20-9-19-17(27)23-16-21-10(2)6-15(26)22-16/h6,11,13-14,25H,5,7-9H2,1-4H3,(H,20,28)(H3,19,21,22,23,26,27). The summed E-state index contributed by atoms with van der Waals surface area (Å²) in [6.07, 6.45) is -1.65. The van der Waals surface area contributed by atoms with Gasteiger partial charge in [-0.2, -0.15) is 0 Å². The van der Waals surface area contributed by atoms with Crippen molar-refractivity contribution in [2.24, 2.45) is 0 Å². The van der Waals surface area contributed by atoms with Gasteiger partial charge in [0.2, 0.25) is 5.95 Å². The summed E-state index contributed by atoms with van der Waals surface area (Å²) in [5, 5.41) is 17.1. The van der Waals surface area contributed by atoms with Crippen molar-refractivity contribution in [1.82, 2.24) is 20.6 Å². The molecule has 0 aliphatic carbocycles. The predicted molar refractivity (Wildman–Crippen MR) is 107 cm³/mol. The smallest absolute Gasteiger partial charge is 0.408 e. The topological polar surface area (TPSA) is 172 Å². The van der Waals surface area contributed by atoms with Crippen LogP contribution in [0.5, 0.6) is 0 Å². The summed E-state index contributed by atoms with van der Waals surface area (Å²) >= 11 is 0. The first-order chi connectivity index (χ1) is 14.1. The number of rotatable bonds is 10. The highest BCUT2D eigenvalue weighted by Gasteiger charge is 2.19. The summed E-state index contributed by atoms with van der Waals surface area (Å²) in [6.45, 7) is 6.11. The van der Waals surface area contributed by atoms with E-state index in [1.807, 2.05) is 6.92 Å². The number of urea groups is 1. The predicted octanol–water partition coefficient (Wildman–Crippen LogP) is 0.755. The molecule has 0 spiro atoms. The van der Waals surface area contributed by atoms with Crippen LogP contribution in [0.1, 0.15) is 45.7 Å². The highest BCUT2D eigenvalue weighted by atomic mass is 16.6. The van der Waals surface area contributed by atoms with E-state index >= 15 is 0 Å². The number of aromatic nitrogens is 2. The fraction of sp³-hybridized carbons (Fsp3) is 0.611. The van der Waals surface area contributed by atoms with Gasteiger partial charge in [-0.05, 0) is 20.3 Å². The van der Waals surface area contributed by atoms with Crippen LogP contribution in [0.3, 0.4) is 0 Å². The Morgan fingerprint density at radius 2 is 1.93 bits per heavy atom. The van der Waals surface area contributed by atoms with Crippen molar-refractivity contribution >= 4 is 24.0 Å². The maximum absolute atomic E-state index is 11.8. The first kappa shape index (κ1) is 24.9. The van der Waals surface area contributed by atoms with Crippen LogP contribution in [0, 0.1) is 6.92 Å². The third kappa shape index (κ3) is 10.4. The molecular weight excluding hydrogens is 398 g/mol. The highest BCUT2D eigenvalue weighted by Crippen LogP contribution is 2.13. The van der Waals surface area contributed by atoms with E-state index in [9.17, 15) is 24.3 Å². The van der Waals surface area contributed by atoms with E-state index in [-0.39, 0.29) is 25.5 Å². The molecule has 0 bridgehead atoms. The molecule has 0 saturated heterocycles. The van der Waals surface area contributed by atoms with Gasteiger partial charge in [0.1, 0.15) is 12.2 Å². The van der Waals surface area contributed by atoms with Crippen LogP contribution >= 0.6 is 0 Å². The summed E-state index contributed by atoms with van der Waals surface area (Å²) in [5.74, 6) is -0.444. The van der Waals surface area contributed by atoms with Gasteiger partial charge in [-0.25, -0.2) is 14.6 Å². The number of hydrogen-bond acceptors (Lipinski definition) is 8. The van der Waals surface area contributed by atoms with Crippen molar-refractivity contribution in [3.8, 4) is 0 Å². The molecule has 1 aromatic heterocycles. The van der Waals surface area contributed by atoms with Crippen molar-refractivity contribution in [2.45, 2.75) is 65.3 Å². The lowest BCUT2D eigenvalue weighted by Gasteiger charge is -2.21. The number of nitrogens with zero attached hydrogens (tertiary/aromatic N) is 1. The third-order valence-electron chi connectivity index (χ3n) is 3.82. The largest absolute Gasteiger partial charge is 0.462 e. The summed E-state index contributed by atoms with van der Waals surface area (Å²) in [5.41, 5.74) is 0.0267. The Hall–Kier alpha value is -3.15. The number of aromatic amines is 1. The second-order valence-corrected chi connectivity index (χ2v) is 6.70. The first-order valence-electron chi connectivity index (χ1n) is 9.51. The first-order valence-corrected chi connectivity index (χ1v) is 9.51. The van der Waals surface area contributed by atoms with Gasteiger partial charge >= 0.3 is 18.1 Å². The molecule has 3 amide bonds. The molecule has 12 heteroatoms. The zero-order valence-corrected chi connectivity index (χ0v) is 17.5. The fourth-order valence-electron chi connectivity index (χ4n) is 2.57. The number of aliphatic hydroxyl groups excluding tert-OH is 1. The van der Waals surface area contributed by atoms with Gasteiger partial charge in [0.25, 0.3) is 5.56 Å². The van der Waals surface area contributed by atoms with Gasteiger partial charge in [0.15, 0.2) is 0 Å². The van der Waals surface area contributed by atoms with Crippen LogP contribution < -0.4 is 21.5 Å². The molecule has 0 fully saturated rings. The average molecular weight is 427 g/mol. The molecule has 1 rings (SSSR count). The van der Waals surface area contributed by atoms with E-state index in [1.165, 1.54) is 13.0 Å². The number of amides is 3. The van der Waals surface area contributed by atoms with Crippen LogP contribution in [0.4, 0.5) is 15.5 Å². The number of carbonyl (C=O) groups is 3. The lowest BCUT2D eigenvalue weighted by Crippen LogP contribution is -2.41. The molecule has 12 nitrogen and oxygen atoms in total. The van der Waals surface area contributed by atoms with Crippen molar-refractivity contribution in [3.63, 3.8) is 0 Å². The average Bonchev–Trinajstić information content (AvgIpc) is 2.59. The number of ether oxygens (including phenoxy) is 2.